The molecule has 0 fully saturated rings. The Kier molecular flexibility index (Phi) is 5.05. The van der Waals surface area contributed by atoms with Crippen LogP contribution < -0.4 is 5.32 Å². The fourth-order valence-corrected chi connectivity index (χ4v) is 2.07. The van der Waals surface area contributed by atoms with Gasteiger partial charge in [-0.05, 0) is 37.8 Å². The van der Waals surface area contributed by atoms with E-state index < -0.39 is 0 Å². The summed E-state index contributed by atoms with van der Waals surface area (Å²) in [6.07, 6.45) is 1.93. The van der Waals surface area contributed by atoms with Crippen LogP contribution in [0.4, 0.5) is 0 Å². The second kappa shape index (κ2) is 6.13. The van der Waals surface area contributed by atoms with Crippen LogP contribution in [0.2, 0.25) is 0 Å². The minimum Gasteiger partial charge on any atom is -0.396 e. The van der Waals surface area contributed by atoms with E-state index in [-0.39, 0.29) is 6.61 Å². The van der Waals surface area contributed by atoms with Crippen molar-refractivity contribution in [3.63, 3.8) is 0 Å². The van der Waals surface area contributed by atoms with Gasteiger partial charge in [0, 0.05) is 17.5 Å². The predicted molar refractivity (Wildman–Crippen MR) is 57.2 cm³/mol. The van der Waals surface area contributed by atoms with Crippen molar-refractivity contribution >= 4 is 11.3 Å². The summed E-state index contributed by atoms with van der Waals surface area (Å²) in [5.74, 6) is 0. The summed E-state index contributed by atoms with van der Waals surface area (Å²) in [5.41, 5.74) is 0. The molecule has 0 saturated carbocycles. The van der Waals surface area contributed by atoms with Crippen molar-refractivity contribution in [3.05, 3.63) is 22.4 Å². The van der Waals surface area contributed by atoms with Crippen LogP contribution in [-0.2, 0) is 6.42 Å². The fraction of sp³-hybridized carbons (Fsp3) is 0.600. The molecule has 3 heteroatoms. The molecule has 0 aliphatic carbocycles. The molecule has 0 aliphatic rings. The largest absolute Gasteiger partial charge is 0.396 e. The molecule has 0 saturated heterocycles. The van der Waals surface area contributed by atoms with Gasteiger partial charge in [-0.25, -0.2) is 0 Å². The van der Waals surface area contributed by atoms with Crippen molar-refractivity contribution in [1.82, 2.24) is 5.32 Å². The van der Waals surface area contributed by atoms with Gasteiger partial charge in [0.2, 0.25) is 0 Å². The first-order valence-electron chi connectivity index (χ1n) is 4.69. The predicted octanol–water partition coefficient (Wildman–Crippen LogP) is 1.65. The van der Waals surface area contributed by atoms with E-state index in [1.54, 1.807) is 11.3 Å². The van der Waals surface area contributed by atoms with Gasteiger partial charge in [-0.2, -0.15) is 0 Å². The van der Waals surface area contributed by atoms with Crippen LogP contribution in [0.3, 0.4) is 0 Å². The molecule has 0 spiro atoms. The zero-order valence-corrected chi connectivity index (χ0v) is 8.81. The summed E-state index contributed by atoms with van der Waals surface area (Å²) in [6, 6.07) is 4.75. The molecular formula is C10H17NOS. The van der Waals surface area contributed by atoms with Crippen LogP contribution >= 0.6 is 11.3 Å². The third-order valence-electron chi connectivity index (χ3n) is 1.92. The number of aliphatic hydroxyl groups is 1. The van der Waals surface area contributed by atoms with Crippen LogP contribution in [0.5, 0.6) is 0 Å². The van der Waals surface area contributed by atoms with Gasteiger partial charge in [-0.3, -0.25) is 0 Å². The van der Waals surface area contributed by atoms with E-state index in [9.17, 15) is 0 Å². The van der Waals surface area contributed by atoms with Gasteiger partial charge in [0.05, 0.1) is 0 Å². The third kappa shape index (κ3) is 4.41. The van der Waals surface area contributed by atoms with Crippen molar-refractivity contribution in [3.8, 4) is 0 Å². The number of hydrogen-bond donors (Lipinski definition) is 2. The summed E-state index contributed by atoms with van der Waals surface area (Å²) in [4.78, 5) is 1.42. The first-order chi connectivity index (χ1) is 6.33. The standard InChI is InChI=1S/C10H17NOS/c1-9(11-5-3-6-12)8-10-4-2-7-13-10/h2,4,7,9,11-12H,3,5-6,8H2,1H3. The maximum absolute atomic E-state index is 8.60. The second-order valence-corrected chi connectivity index (χ2v) is 4.25. The molecule has 13 heavy (non-hydrogen) atoms. The summed E-state index contributed by atoms with van der Waals surface area (Å²) < 4.78 is 0. The highest BCUT2D eigenvalue weighted by atomic mass is 32.1. The van der Waals surface area contributed by atoms with Crippen LogP contribution in [0.1, 0.15) is 18.2 Å². The van der Waals surface area contributed by atoms with Gasteiger partial charge in [0.15, 0.2) is 0 Å². The molecule has 1 heterocycles. The summed E-state index contributed by atoms with van der Waals surface area (Å²) in [5, 5.41) is 14.1. The smallest absolute Gasteiger partial charge is 0.0443 e. The lowest BCUT2D eigenvalue weighted by atomic mass is 10.2. The average molecular weight is 199 g/mol. The highest BCUT2D eigenvalue weighted by Gasteiger charge is 2.02. The highest BCUT2D eigenvalue weighted by molar-refractivity contribution is 7.09. The molecule has 1 rings (SSSR count). The molecule has 2 nitrogen and oxygen atoms in total. The van der Waals surface area contributed by atoms with Gasteiger partial charge < -0.3 is 10.4 Å². The van der Waals surface area contributed by atoms with Crippen molar-refractivity contribution < 1.29 is 5.11 Å². The maximum Gasteiger partial charge on any atom is 0.0443 e. The Morgan fingerprint density at radius 2 is 2.46 bits per heavy atom. The molecule has 1 aromatic rings. The molecule has 0 bridgehead atoms. The Bertz CT molecular complexity index is 211. The van der Waals surface area contributed by atoms with Crippen LogP contribution in [-0.4, -0.2) is 24.3 Å². The lowest BCUT2D eigenvalue weighted by Gasteiger charge is -2.11. The van der Waals surface area contributed by atoms with Gasteiger partial charge in [0.1, 0.15) is 0 Å². The van der Waals surface area contributed by atoms with E-state index in [0.29, 0.717) is 6.04 Å². The van der Waals surface area contributed by atoms with Crippen LogP contribution in [0, 0.1) is 0 Å². The zero-order chi connectivity index (χ0) is 9.52. The number of nitrogens with one attached hydrogen (secondary N) is 1. The lowest BCUT2D eigenvalue weighted by Crippen LogP contribution is -2.29. The summed E-state index contributed by atoms with van der Waals surface area (Å²) in [7, 11) is 0. The van der Waals surface area contributed by atoms with Gasteiger partial charge in [-0.1, -0.05) is 6.07 Å². The Balaban J connectivity index is 2.14. The van der Waals surface area contributed by atoms with E-state index in [4.69, 9.17) is 5.11 Å². The average Bonchev–Trinajstić information content (AvgIpc) is 2.57. The normalized spacial score (nSPS) is 13.1. The molecule has 1 atom stereocenters. The molecule has 1 aromatic heterocycles. The molecule has 2 N–H and O–H groups in total. The Hall–Kier alpha value is -0.380. The third-order valence-corrected chi connectivity index (χ3v) is 2.81. The lowest BCUT2D eigenvalue weighted by molar-refractivity contribution is 0.283. The van der Waals surface area contributed by atoms with E-state index in [2.05, 4.69) is 29.8 Å². The first-order valence-corrected chi connectivity index (χ1v) is 5.57. The van der Waals surface area contributed by atoms with Crippen molar-refractivity contribution in [2.45, 2.75) is 25.8 Å². The molecule has 74 valence electrons. The topological polar surface area (TPSA) is 32.3 Å². The Morgan fingerprint density at radius 1 is 1.62 bits per heavy atom. The van der Waals surface area contributed by atoms with Crippen molar-refractivity contribution in [2.24, 2.45) is 0 Å². The Labute approximate surface area is 83.6 Å². The number of thiophene rings is 1. The van der Waals surface area contributed by atoms with E-state index in [1.807, 2.05) is 0 Å². The molecule has 0 radical (unpaired) electrons. The molecule has 0 aromatic carbocycles. The SMILES string of the molecule is CC(Cc1cccs1)NCCCO. The van der Waals surface area contributed by atoms with Crippen molar-refractivity contribution in [2.75, 3.05) is 13.2 Å². The Morgan fingerprint density at radius 3 is 3.08 bits per heavy atom. The summed E-state index contributed by atoms with van der Waals surface area (Å²) in [6.45, 7) is 3.36. The van der Waals surface area contributed by atoms with Crippen molar-refractivity contribution in [1.29, 1.82) is 0 Å². The van der Waals surface area contributed by atoms with Gasteiger partial charge in [-0.15, -0.1) is 11.3 Å². The minimum atomic E-state index is 0.277. The quantitative estimate of drug-likeness (QED) is 0.683. The van der Waals surface area contributed by atoms with Crippen LogP contribution in [0.15, 0.2) is 17.5 Å². The minimum absolute atomic E-state index is 0.277. The monoisotopic (exact) mass is 199 g/mol. The van der Waals surface area contributed by atoms with E-state index >= 15 is 0 Å². The van der Waals surface area contributed by atoms with Gasteiger partial charge in [0.25, 0.3) is 0 Å². The summed E-state index contributed by atoms with van der Waals surface area (Å²) >= 11 is 1.80. The molecule has 0 amide bonds. The molecule has 1 unspecified atom stereocenters. The van der Waals surface area contributed by atoms with E-state index in [1.165, 1.54) is 4.88 Å². The van der Waals surface area contributed by atoms with Gasteiger partial charge >= 0.3 is 0 Å². The number of hydrogen-bond acceptors (Lipinski definition) is 3. The highest BCUT2D eigenvalue weighted by Crippen LogP contribution is 2.10. The number of rotatable bonds is 6. The van der Waals surface area contributed by atoms with E-state index in [0.717, 1.165) is 19.4 Å². The zero-order valence-electron chi connectivity index (χ0n) is 7.99. The molecule has 0 aliphatic heterocycles. The first kappa shape index (κ1) is 10.7. The fourth-order valence-electron chi connectivity index (χ4n) is 1.23. The number of aliphatic hydroxyl groups excluding tert-OH is 1. The molecular weight excluding hydrogens is 182 g/mol. The van der Waals surface area contributed by atoms with Crippen LogP contribution in [0.25, 0.3) is 0 Å². The maximum atomic E-state index is 8.60. The second-order valence-electron chi connectivity index (χ2n) is 3.22.